The zero-order valence-electron chi connectivity index (χ0n) is 17.5. The van der Waals surface area contributed by atoms with Crippen LogP contribution in [0.4, 0.5) is 0 Å². The fourth-order valence-corrected chi connectivity index (χ4v) is 3.37. The van der Waals surface area contributed by atoms with Crippen LogP contribution in [0, 0.1) is 6.92 Å². The Morgan fingerprint density at radius 2 is 1.74 bits per heavy atom. The molecule has 0 saturated carbocycles. The lowest BCUT2D eigenvalue weighted by molar-refractivity contribution is 0.0440. The molecule has 31 heavy (non-hydrogen) atoms. The average Bonchev–Trinajstić information content (AvgIpc) is 3.40. The van der Waals surface area contributed by atoms with Crippen molar-refractivity contribution in [2.45, 2.75) is 13.5 Å². The van der Waals surface area contributed by atoms with Gasteiger partial charge in [0, 0.05) is 22.2 Å². The fourth-order valence-electron chi connectivity index (χ4n) is 3.37. The van der Waals surface area contributed by atoms with Crippen molar-refractivity contribution in [3.8, 4) is 28.7 Å². The number of hydrogen-bond acceptors (Lipinski definition) is 8. The van der Waals surface area contributed by atoms with Gasteiger partial charge in [-0.2, -0.15) is 0 Å². The van der Waals surface area contributed by atoms with Crippen LogP contribution in [0.15, 0.2) is 40.8 Å². The molecule has 0 aliphatic heterocycles. The van der Waals surface area contributed by atoms with E-state index in [9.17, 15) is 4.79 Å². The van der Waals surface area contributed by atoms with E-state index in [1.165, 1.54) is 21.3 Å². The van der Waals surface area contributed by atoms with Gasteiger partial charge in [-0.05, 0) is 25.1 Å². The first-order chi connectivity index (χ1) is 15.0. The van der Waals surface area contributed by atoms with E-state index in [2.05, 4.69) is 15.2 Å². The SMILES string of the molecule is COc1cc(-c2nnc(COC(=O)c3c(C)[nH]c4ccccc34)o2)cc(OC)c1OC. The largest absolute Gasteiger partial charge is 0.493 e. The number of rotatable bonds is 7. The Morgan fingerprint density at radius 1 is 1.03 bits per heavy atom. The second-order valence-electron chi connectivity index (χ2n) is 6.66. The van der Waals surface area contributed by atoms with Crippen molar-refractivity contribution >= 4 is 16.9 Å². The number of H-pyrrole nitrogens is 1. The molecule has 0 atom stereocenters. The molecule has 9 nitrogen and oxygen atoms in total. The molecular weight excluding hydrogens is 402 g/mol. The summed E-state index contributed by atoms with van der Waals surface area (Å²) >= 11 is 0. The average molecular weight is 423 g/mol. The molecule has 0 amide bonds. The van der Waals surface area contributed by atoms with Crippen molar-refractivity contribution in [2.24, 2.45) is 0 Å². The first-order valence-corrected chi connectivity index (χ1v) is 9.43. The minimum Gasteiger partial charge on any atom is -0.493 e. The van der Waals surface area contributed by atoms with E-state index >= 15 is 0 Å². The van der Waals surface area contributed by atoms with Gasteiger partial charge in [-0.15, -0.1) is 10.2 Å². The van der Waals surface area contributed by atoms with Gasteiger partial charge in [-0.3, -0.25) is 0 Å². The van der Waals surface area contributed by atoms with Crippen molar-refractivity contribution in [2.75, 3.05) is 21.3 Å². The minimum atomic E-state index is -0.470. The maximum Gasteiger partial charge on any atom is 0.341 e. The third-order valence-corrected chi connectivity index (χ3v) is 4.80. The molecule has 9 heteroatoms. The molecule has 160 valence electrons. The number of ether oxygens (including phenoxy) is 4. The summed E-state index contributed by atoms with van der Waals surface area (Å²) in [4.78, 5) is 15.8. The monoisotopic (exact) mass is 423 g/mol. The highest BCUT2D eigenvalue weighted by atomic mass is 16.5. The summed E-state index contributed by atoms with van der Waals surface area (Å²) in [7, 11) is 4.56. The molecule has 0 fully saturated rings. The van der Waals surface area contributed by atoms with Crippen molar-refractivity contribution in [3.63, 3.8) is 0 Å². The number of aromatic amines is 1. The number of fused-ring (bicyclic) bond motifs is 1. The highest BCUT2D eigenvalue weighted by Crippen LogP contribution is 2.40. The van der Waals surface area contributed by atoms with Crippen LogP contribution in [0.5, 0.6) is 17.2 Å². The summed E-state index contributed by atoms with van der Waals surface area (Å²) < 4.78 is 27.1. The van der Waals surface area contributed by atoms with E-state index in [4.69, 9.17) is 23.4 Å². The predicted octanol–water partition coefficient (Wildman–Crippen LogP) is 3.91. The summed E-state index contributed by atoms with van der Waals surface area (Å²) in [5.74, 6) is 1.29. The second kappa shape index (κ2) is 8.39. The van der Waals surface area contributed by atoms with Crippen LogP contribution in [-0.4, -0.2) is 42.5 Å². The Morgan fingerprint density at radius 3 is 2.42 bits per heavy atom. The Labute approximate surface area is 177 Å². The summed E-state index contributed by atoms with van der Waals surface area (Å²) in [6, 6.07) is 10.9. The van der Waals surface area contributed by atoms with Crippen LogP contribution in [-0.2, 0) is 11.3 Å². The molecule has 2 heterocycles. The third kappa shape index (κ3) is 3.77. The summed E-state index contributed by atoms with van der Waals surface area (Å²) in [6.07, 6.45) is 0. The first kappa shape index (κ1) is 20.3. The Hall–Kier alpha value is -4.01. The maximum atomic E-state index is 12.6. The number of carbonyl (C=O) groups is 1. The molecule has 2 aromatic heterocycles. The van der Waals surface area contributed by atoms with E-state index in [0.717, 1.165) is 16.6 Å². The number of esters is 1. The number of aromatic nitrogens is 3. The zero-order valence-corrected chi connectivity index (χ0v) is 17.5. The molecule has 1 N–H and O–H groups in total. The topological polar surface area (TPSA) is 109 Å². The molecule has 2 aromatic carbocycles. The van der Waals surface area contributed by atoms with Gasteiger partial charge in [0.05, 0.1) is 26.9 Å². The third-order valence-electron chi connectivity index (χ3n) is 4.80. The number of nitrogens with zero attached hydrogens (tertiary/aromatic N) is 2. The highest BCUT2D eigenvalue weighted by molar-refractivity contribution is 6.05. The lowest BCUT2D eigenvalue weighted by Gasteiger charge is -2.12. The molecule has 0 saturated heterocycles. The normalized spacial score (nSPS) is 10.8. The van der Waals surface area contributed by atoms with Crippen molar-refractivity contribution in [3.05, 3.63) is 53.5 Å². The number of para-hydroxylation sites is 1. The number of hydrogen-bond donors (Lipinski definition) is 1. The van der Waals surface area contributed by atoms with Crippen LogP contribution in [0.25, 0.3) is 22.4 Å². The summed E-state index contributed by atoms with van der Waals surface area (Å²) in [5.41, 5.74) is 2.66. The molecule has 0 unspecified atom stereocenters. The molecule has 0 spiro atoms. The number of methoxy groups -OCH3 is 3. The standard InChI is InChI=1S/C22H21N3O6/c1-12-19(14-7-5-6-8-15(14)23-12)22(26)30-11-18-24-25-21(31-18)13-9-16(27-2)20(29-4)17(10-13)28-3/h5-10,23H,11H2,1-4H3. The van der Waals surface area contributed by atoms with Crippen molar-refractivity contribution in [1.82, 2.24) is 15.2 Å². The number of nitrogens with one attached hydrogen (secondary N) is 1. The van der Waals surface area contributed by atoms with Crippen molar-refractivity contribution < 1.29 is 28.2 Å². The lowest BCUT2D eigenvalue weighted by Crippen LogP contribution is -2.06. The number of benzene rings is 2. The highest BCUT2D eigenvalue weighted by Gasteiger charge is 2.20. The van der Waals surface area contributed by atoms with Gasteiger partial charge < -0.3 is 28.3 Å². The maximum absolute atomic E-state index is 12.6. The van der Waals surface area contributed by atoms with Crippen LogP contribution in [0.3, 0.4) is 0 Å². The quantitative estimate of drug-likeness (QED) is 0.446. The van der Waals surface area contributed by atoms with E-state index in [-0.39, 0.29) is 18.4 Å². The van der Waals surface area contributed by atoms with Gasteiger partial charge in [-0.25, -0.2) is 4.79 Å². The summed E-state index contributed by atoms with van der Waals surface area (Å²) in [5, 5.41) is 8.80. The molecular formula is C22H21N3O6. The zero-order chi connectivity index (χ0) is 22.0. The van der Waals surface area contributed by atoms with Crippen LogP contribution in [0.2, 0.25) is 0 Å². The van der Waals surface area contributed by atoms with Gasteiger partial charge >= 0.3 is 5.97 Å². The fraction of sp³-hybridized carbons (Fsp3) is 0.227. The molecule has 0 aliphatic carbocycles. The van der Waals surface area contributed by atoms with Gasteiger partial charge in [0.15, 0.2) is 18.1 Å². The lowest BCUT2D eigenvalue weighted by atomic mass is 10.1. The van der Waals surface area contributed by atoms with E-state index in [1.807, 2.05) is 31.2 Å². The number of aryl methyl sites for hydroxylation is 1. The molecule has 4 rings (SSSR count). The predicted molar refractivity (Wildman–Crippen MR) is 112 cm³/mol. The summed E-state index contributed by atoms with van der Waals surface area (Å²) in [6.45, 7) is 1.67. The van der Waals surface area contributed by atoms with Crippen LogP contribution in [0.1, 0.15) is 21.9 Å². The molecule has 0 radical (unpaired) electrons. The van der Waals surface area contributed by atoms with Crippen LogP contribution < -0.4 is 14.2 Å². The van der Waals surface area contributed by atoms with E-state index < -0.39 is 5.97 Å². The Balaban J connectivity index is 1.53. The van der Waals surface area contributed by atoms with E-state index in [1.54, 1.807) is 12.1 Å². The van der Waals surface area contributed by atoms with Crippen LogP contribution >= 0.6 is 0 Å². The first-order valence-electron chi connectivity index (χ1n) is 9.43. The molecule has 0 aliphatic rings. The second-order valence-corrected chi connectivity index (χ2v) is 6.66. The Kier molecular flexibility index (Phi) is 5.48. The minimum absolute atomic E-state index is 0.158. The number of carbonyl (C=O) groups excluding carboxylic acids is 1. The molecule has 0 bridgehead atoms. The van der Waals surface area contributed by atoms with Crippen molar-refractivity contribution in [1.29, 1.82) is 0 Å². The van der Waals surface area contributed by atoms with E-state index in [0.29, 0.717) is 28.4 Å². The smallest absolute Gasteiger partial charge is 0.341 e. The van der Waals surface area contributed by atoms with Gasteiger partial charge in [-0.1, -0.05) is 18.2 Å². The van der Waals surface area contributed by atoms with Gasteiger partial charge in [0.25, 0.3) is 5.89 Å². The van der Waals surface area contributed by atoms with Gasteiger partial charge in [0.2, 0.25) is 11.6 Å². The Bertz CT molecular complexity index is 1220. The van der Waals surface area contributed by atoms with Gasteiger partial charge in [0.1, 0.15) is 0 Å². The molecule has 4 aromatic rings.